The molecule has 1 heterocycles. The first-order chi connectivity index (χ1) is 7.88. The summed E-state index contributed by atoms with van der Waals surface area (Å²) >= 11 is 0. The van der Waals surface area contributed by atoms with Gasteiger partial charge < -0.3 is 4.74 Å². The van der Waals surface area contributed by atoms with Crippen molar-refractivity contribution in [2.24, 2.45) is 5.14 Å². The maximum absolute atomic E-state index is 11.4. The Morgan fingerprint density at radius 1 is 1.35 bits per heavy atom. The molecule has 0 aliphatic carbocycles. The average molecular weight is 261 g/mol. The summed E-state index contributed by atoms with van der Waals surface area (Å²) < 4.78 is 29.7. The van der Waals surface area contributed by atoms with Crippen molar-refractivity contribution in [3.8, 4) is 0 Å². The number of nitrogens with zero attached hydrogens (tertiary/aromatic N) is 2. The number of nitrogens with two attached hydrogens (primary N) is 1. The minimum absolute atomic E-state index is 0.119. The number of aryl methyl sites for hydroxylation is 1. The Morgan fingerprint density at radius 3 is 2.47 bits per heavy atom. The zero-order valence-electron chi connectivity index (χ0n) is 10.4. The first-order valence-electron chi connectivity index (χ1n) is 5.52. The molecule has 2 N–H and O–H groups in total. The highest BCUT2D eigenvalue weighted by Crippen LogP contribution is 2.17. The quantitative estimate of drug-likeness (QED) is 0.758. The standard InChI is InChI=1S/C10H19N3O3S/c1-4-6-16-7-5-13-9(3)10(8(2)12-13)17(11,14)15/h4-7H2,1-3H3,(H2,11,14,15). The van der Waals surface area contributed by atoms with Crippen molar-refractivity contribution in [1.29, 1.82) is 0 Å². The van der Waals surface area contributed by atoms with E-state index in [1.807, 2.05) is 6.92 Å². The SMILES string of the molecule is CCCOCCn1nc(C)c(S(N)(=O)=O)c1C. The van der Waals surface area contributed by atoms with E-state index in [1.165, 1.54) is 0 Å². The van der Waals surface area contributed by atoms with E-state index in [9.17, 15) is 8.42 Å². The monoisotopic (exact) mass is 261 g/mol. The van der Waals surface area contributed by atoms with Gasteiger partial charge >= 0.3 is 0 Å². The normalized spacial score (nSPS) is 12.0. The van der Waals surface area contributed by atoms with Crippen molar-refractivity contribution >= 4 is 10.0 Å². The van der Waals surface area contributed by atoms with E-state index >= 15 is 0 Å². The lowest BCUT2D eigenvalue weighted by molar-refractivity contribution is 0.124. The summed E-state index contributed by atoms with van der Waals surface area (Å²) in [4.78, 5) is 0.119. The Labute approximate surface area is 102 Å². The zero-order valence-corrected chi connectivity index (χ0v) is 11.2. The van der Waals surface area contributed by atoms with Gasteiger partial charge in [0.1, 0.15) is 4.90 Å². The van der Waals surface area contributed by atoms with E-state index in [2.05, 4.69) is 5.10 Å². The Kier molecular flexibility index (Phi) is 4.67. The van der Waals surface area contributed by atoms with Crippen molar-refractivity contribution in [3.05, 3.63) is 11.4 Å². The number of aromatic nitrogens is 2. The number of sulfonamides is 1. The summed E-state index contributed by atoms with van der Waals surface area (Å²) in [5.41, 5.74) is 0.991. The molecule has 0 atom stereocenters. The highest BCUT2D eigenvalue weighted by Gasteiger charge is 2.20. The van der Waals surface area contributed by atoms with Crippen LogP contribution in [0.4, 0.5) is 0 Å². The van der Waals surface area contributed by atoms with Crippen molar-refractivity contribution in [2.75, 3.05) is 13.2 Å². The Hall–Kier alpha value is -0.920. The predicted molar refractivity (Wildman–Crippen MR) is 64.2 cm³/mol. The Morgan fingerprint density at radius 2 is 2.00 bits per heavy atom. The van der Waals surface area contributed by atoms with E-state index in [0.717, 1.165) is 6.42 Å². The molecule has 0 spiro atoms. The summed E-state index contributed by atoms with van der Waals surface area (Å²) in [6, 6.07) is 0. The van der Waals surface area contributed by atoms with Crippen LogP contribution in [0.15, 0.2) is 4.90 Å². The summed E-state index contributed by atoms with van der Waals surface area (Å²) in [5, 5.41) is 9.29. The summed E-state index contributed by atoms with van der Waals surface area (Å²) in [6.45, 7) is 7.10. The second-order valence-corrected chi connectivity index (χ2v) is 5.38. The molecule has 17 heavy (non-hydrogen) atoms. The van der Waals surface area contributed by atoms with Crippen LogP contribution in [-0.4, -0.2) is 31.4 Å². The van der Waals surface area contributed by atoms with Gasteiger partial charge in [-0.25, -0.2) is 13.6 Å². The van der Waals surface area contributed by atoms with Gasteiger partial charge in [0.05, 0.1) is 24.5 Å². The molecule has 0 aromatic carbocycles. The molecule has 98 valence electrons. The van der Waals surface area contributed by atoms with Gasteiger partial charge in [0.2, 0.25) is 10.0 Å². The first-order valence-corrected chi connectivity index (χ1v) is 7.07. The van der Waals surface area contributed by atoms with Crippen molar-refractivity contribution in [2.45, 2.75) is 38.6 Å². The van der Waals surface area contributed by atoms with Crippen LogP contribution in [0.5, 0.6) is 0 Å². The third-order valence-corrected chi connectivity index (χ3v) is 3.56. The number of rotatable bonds is 6. The predicted octanol–water partition coefficient (Wildman–Crippen LogP) is 0.574. The first kappa shape index (κ1) is 14.1. The number of hydrogen-bond acceptors (Lipinski definition) is 4. The van der Waals surface area contributed by atoms with E-state index in [-0.39, 0.29) is 4.90 Å². The van der Waals surface area contributed by atoms with Crippen LogP contribution in [0.3, 0.4) is 0 Å². The molecule has 0 amide bonds. The molecule has 1 aromatic rings. The molecular formula is C10H19N3O3S. The fraction of sp³-hybridized carbons (Fsp3) is 0.700. The largest absolute Gasteiger partial charge is 0.380 e. The fourth-order valence-electron chi connectivity index (χ4n) is 1.71. The molecule has 0 saturated heterocycles. The minimum atomic E-state index is -3.70. The van der Waals surface area contributed by atoms with Gasteiger partial charge in [0.25, 0.3) is 0 Å². The van der Waals surface area contributed by atoms with Crippen LogP contribution in [0.25, 0.3) is 0 Å². The van der Waals surface area contributed by atoms with Crippen LogP contribution in [-0.2, 0) is 21.3 Å². The topological polar surface area (TPSA) is 87.2 Å². The van der Waals surface area contributed by atoms with E-state index < -0.39 is 10.0 Å². The smallest absolute Gasteiger partial charge is 0.241 e. The zero-order chi connectivity index (χ0) is 13.1. The van der Waals surface area contributed by atoms with Gasteiger partial charge in [-0.05, 0) is 20.3 Å². The van der Waals surface area contributed by atoms with Gasteiger partial charge in [-0.15, -0.1) is 0 Å². The van der Waals surface area contributed by atoms with E-state index in [4.69, 9.17) is 9.88 Å². The van der Waals surface area contributed by atoms with E-state index in [1.54, 1.807) is 18.5 Å². The number of ether oxygens (including phenoxy) is 1. The third-order valence-electron chi connectivity index (χ3n) is 2.40. The highest BCUT2D eigenvalue weighted by atomic mass is 32.2. The molecule has 0 aliphatic heterocycles. The van der Waals surface area contributed by atoms with Gasteiger partial charge in [0, 0.05) is 6.61 Å². The lowest BCUT2D eigenvalue weighted by Gasteiger charge is -2.05. The average Bonchev–Trinajstić information content (AvgIpc) is 2.48. The summed E-state index contributed by atoms with van der Waals surface area (Å²) in [7, 11) is -3.70. The van der Waals surface area contributed by atoms with Crippen LogP contribution in [0.1, 0.15) is 24.7 Å². The molecule has 0 bridgehead atoms. The maximum Gasteiger partial charge on any atom is 0.241 e. The van der Waals surface area contributed by atoms with Gasteiger partial charge in [-0.3, -0.25) is 4.68 Å². The molecule has 0 unspecified atom stereocenters. The molecule has 7 heteroatoms. The molecule has 6 nitrogen and oxygen atoms in total. The van der Waals surface area contributed by atoms with Crippen LogP contribution in [0.2, 0.25) is 0 Å². The minimum Gasteiger partial charge on any atom is -0.380 e. The second kappa shape index (κ2) is 5.61. The molecule has 1 aromatic heterocycles. The van der Waals surface area contributed by atoms with Crippen LogP contribution >= 0.6 is 0 Å². The van der Waals surface area contributed by atoms with Crippen molar-refractivity contribution in [1.82, 2.24) is 9.78 Å². The highest BCUT2D eigenvalue weighted by molar-refractivity contribution is 7.89. The molecular weight excluding hydrogens is 242 g/mol. The Balaban J connectivity index is 2.83. The van der Waals surface area contributed by atoms with Gasteiger partial charge in [-0.1, -0.05) is 6.92 Å². The Bertz CT molecular complexity index is 479. The summed E-state index contributed by atoms with van der Waals surface area (Å²) in [6.07, 6.45) is 0.958. The summed E-state index contributed by atoms with van der Waals surface area (Å²) in [5.74, 6) is 0. The molecule has 0 aliphatic rings. The van der Waals surface area contributed by atoms with Crippen LogP contribution < -0.4 is 5.14 Å². The fourth-order valence-corrected chi connectivity index (χ4v) is 2.68. The molecule has 0 radical (unpaired) electrons. The number of primary sulfonamides is 1. The van der Waals surface area contributed by atoms with Crippen molar-refractivity contribution < 1.29 is 13.2 Å². The van der Waals surface area contributed by atoms with Crippen LogP contribution in [0, 0.1) is 13.8 Å². The lowest BCUT2D eigenvalue weighted by atomic mass is 10.4. The number of hydrogen-bond donors (Lipinski definition) is 1. The van der Waals surface area contributed by atoms with Gasteiger partial charge in [0.15, 0.2) is 0 Å². The van der Waals surface area contributed by atoms with Gasteiger partial charge in [-0.2, -0.15) is 5.10 Å². The van der Waals surface area contributed by atoms with Crippen molar-refractivity contribution in [3.63, 3.8) is 0 Å². The lowest BCUT2D eigenvalue weighted by Crippen LogP contribution is -2.15. The molecule has 1 rings (SSSR count). The maximum atomic E-state index is 11.4. The molecule has 0 fully saturated rings. The molecule has 0 saturated carbocycles. The second-order valence-electron chi connectivity index (χ2n) is 3.88. The third kappa shape index (κ3) is 3.52. The van der Waals surface area contributed by atoms with E-state index in [0.29, 0.717) is 31.1 Å².